The number of carbonyl (C=O) groups excluding carboxylic acids is 1. The van der Waals surface area contributed by atoms with E-state index in [4.69, 9.17) is 4.74 Å². The summed E-state index contributed by atoms with van der Waals surface area (Å²) in [6.45, 7) is 9.60. The van der Waals surface area contributed by atoms with Gasteiger partial charge >= 0.3 is 0 Å². The number of nitrogens with one attached hydrogen (secondary N) is 1. The van der Waals surface area contributed by atoms with Gasteiger partial charge in [0.05, 0.1) is 25.1 Å². The lowest BCUT2D eigenvalue weighted by Crippen LogP contribution is -2.50. The number of aryl methyl sites for hydroxylation is 1. The van der Waals surface area contributed by atoms with Crippen LogP contribution in [-0.2, 0) is 14.8 Å². The second-order valence-electron chi connectivity index (χ2n) is 8.27. The summed E-state index contributed by atoms with van der Waals surface area (Å²) in [4.78, 5) is 13.2. The summed E-state index contributed by atoms with van der Waals surface area (Å²) in [6.07, 6.45) is 1.15. The Bertz CT molecular complexity index is 1070. The summed E-state index contributed by atoms with van der Waals surface area (Å²) in [5.41, 5.74) is 2.73. The molecule has 0 heterocycles. The van der Waals surface area contributed by atoms with Gasteiger partial charge in [-0.25, -0.2) is 12.8 Å². The van der Waals surface area contributed by atoms with E-state index in [1.165, 1.54) is 24.3 Å². The van der Waals surface area contributed by atoms with Crippen LogP contribution >= 0.6 is 0 Å². The lowest BCUT2D eigenvalue weighted by atomic mass is 9.93. The van der Waals surface area contributed by atoms with Gasteiger partial charge in [-0.2, -0.15) is 0 Å². The Morgan fingerprint density at radius 2 is 1.78 bits per heavy atom. The van der Waals surface area contributed by atoms with Crippen molar-refractivity contribution in [1.82, 2.24) is 5.32 Å². The van der Waals surface area contributed by atoms with Crippen LogP contribution in [0.25, 0.3) is 0 Å². The molecule has 0 bridgehead atoms. The van der Waals surface area contributed by atoms with Crippen molar-refractivity contribution in [2.45, 2.75) is 59.0 Å². The third-order valence-electron chi connectivity index (χ3n) is 5.49. The average Bonchev–Trinajstić information content (AvgIpc) is 2.71. The van der Waals surface area contributed by atoms with E-state index < -0.39 is 27.8 Å². The minimum atomic E-state index is -3.92. The zero-order valence-corrected chi connectivity index (χ0v) is 20.6. The summed E-state index contributed by atoms with van der Waals surface area (Å²) >= 11 is 0. The lowest BCUT2D eigenvalue weighted by Gasteiger charge is -2.31. The highest BCUT2D eigenvalue weighted by molar-refractivity contribution is 7.92. The third-order valence-corrected chi connectivity index (χ3v) is 6.65. The third kappa shape index (κ3) is 5.59. The quantitative estimate of drug-likeness (QED) is 0.584. The number of benzene rings is 2. The van der Waals surface area contributed by atoms with Crippen LogP contribution in [0.3, 0.4) is 0 Å². The van der Waals surface area contributed by atoms with Crippen molar-refractivity contribution in [3.8, 4) is 5.75 Å². The standard InChI is InChI=1S/C24H33FN2O4S/c1-8-21(27(32(7,29)30)22-12-10-9-11-20(22)25)24(28)26-17(5)19-14-18(15(2)3)23(31-6)13-16(19)4/h9-15,17,21H,8H2,1-7H3,(H,26,28). The molecule has 0 spiro atoms. The van der Waals surface area contributed by atoms with Crippen LogP contribution in [0.2, 0.25) is 0 Å². The van der Waals surface area contributed by atoms with E-state index in [0.29, 0.717) is 0 Å². The predicted octanol–water partition coefficient (Wildman–Crippen LogP) is 4.69. The molecule has 2 aromatic rings. The van der Waals surface area contributed by atoms with Gasteiger partial charge in [0.1, 0.15) is 17.6 Å². The molecule has 0 aliphatic carbocycles. The van der Waals surface area contributed by atoms with Crippen molar-refractivity contribution in [2.24, 2.45) is 0 Å². The molecule has 176 valence electrons. The number of sulfonamides is 1. The number of methoxy groups -OCH3 is 1. The topological polar surface area (TPSA) is 75.7 Å². The summed E-state index contributed by atoms with van der Waals surface area (Å²) < 4.78 is 45.9. The molecule has 2 unspecified atom stereocenters. The molecular weight excluding hydrogens is 431 g/mol. The number of hydrogen-bond donors (Lipinski definition) is 1. The van der Waals surface area contributed by atoms with E-state index in [9.17, 15) is 17.6 Å². The van der Waals surface area contributed by atoms with E-state index >= 15 is 0 Å². The Hall–Kier alpha value is -2.61. The molecule has 0 saturated heterocycles. The largest absolute Gasteiger partial charge is 0.496 e. The molecule has 6 nitrogen and oxygen atoms in total. The smallest absolute Gasteiger partial charge is 0.244 e. The minimum absolute atomic E-state index is 0.146. The fraction of sp³-hybridized carbons (Fsp3) is 0.458. The summed E-state index contributed by atoms with van der Waals surface area (Å²) in [7, 11) is -2.29. The SMILES string of the molecule is CCC(C(=O)NC(C)c1cc(C(C)C)c(OC)cc1C)N(c1ccccc1F)S(C)(=O)=O. The van der Waals surface area contributed by atoms with Crippen LogP contribution in [0, 0.1) is 12.7 Å². The van der Waals surface area contributed by atoms with Crippen molar-refractivity contribution in [2.75, 3.05) is 17.7 Å². The molecule has 2 atom stereocenters. The Kier molecular flexibility index (Phi) is 8.29. The first-order valence-electron chi connectivity index (χ1n) is 10.6. The summed E-state index contributed by atoms with van der Waals surface area (Å²) in [6, 6.07) is 8.02. The van der Waals surface area contributed by atoms with E-state index in [1.54, 1.807) is 14.0 Å². The summed E-state index contributed by atoms with van der Waals surface area (Å²) in [5.74, 6) is -0.189. The van der Waals surface area contributed by atoms with Crippen LogP contribution in [0.1, 0.15) is 62.8 Å². The first-order chi connectivity index (χ1) is 14.9. The van der Waals surface area contributed by atoms with E-state index in [1.807, 2.05) is 26.0 Å². The maximum absolute atomic E-state index is 14.5. The highest BCUT2D eigenvalue weighted by Gasteiger charge is 2.33. The molecule has 8 heteroatoms. The Morgan fingerprint density at radius 3 is 2.28 bits per heavy atom. The molecule has 2 aromatic carbocycles. The zero-order valence-electron chi connectivity index (χ0n) is 19.8. The molecule has 1 amide bonds. The van der Waals surface area contributed by atoms with Gasteiger partial charge in [0, 0.05) is 0 Å². The van der Waals surface area contributed by atoms with Gasteiger partial charge in [0.2, 0.25) is 15.9 Å². The normalized spacial score (nSPS) is 13.5. The number of hydrogen-bond acceptors (Lipinski definition) is 4. The second kappa shape index (κ2) is 10.3. The highest BCUT2D eigenvalue weighted by atomic mass is 32.2. The number of para-hydroxylation sites is 1. The van der Waals surface area contributed by atoms with Gasteiger partial charge in [0.25, 0.3) is 0 Å². The molecule has 0 aliphatic rings. The number of amides is 1. The zero-order chi connectivity index (χ0) is 24.2. The fourth-order valence-corrected chi connectivity index (χ4v) is 5.08. The number of carbonyl (C=O) groups is 1. The van der Waals surface area contributed by atoms with Gasteiger partial charge < -0.3 is 10.1 Å². The Balaban J connectivity index is 2.41. The molecule has 0 aromatic heterocycles. The van der Waals surface area contributed by atoms with Gasteiger partial charge in [-0.1, -0.05) is 32.9 Å². The van der Waals surface area contributed by atoms with Crippen LogP contribution in [0.15, 0.2) is 36.4 Å². The average molecular weight is 465 g/mol. The molecule has 32 heavy (non-hydrogen) atoms. The molecule has 0 fully saturated rings. The number of anilines is 1. The number of nitrogens with zero attached hydrogens (tertiary/aromatic N) is 1. The van der Waals surface area contributed by atoms with Crippen molar-refractivity contribution < 1.29 is 22.3 Å². The monoisotopic (exact) mass is 464 g/mol. The van der Waals surface area contributed by atoms with Crippen LogP contribution in [-0.4, -0.2) is 33.7 Å². The van der Waals surface area contributed by atoms with Crippen molar-refractivity contribution in [1.29, 1.82) is 0 Å². The van der Waals surface area contributed by atoms with Crippen molar-refractivity contribution >= 4 is 21.6 Å². The molecule has 0 radical (unpaired) electrons. The van der Waals surface area contributed by atoms with Gasteiger partial charge in [-0.3, -0.25) is 9.10 Å². The van der Waals surface area contributed by atoms with Crippen LogP contribution in [0.4, 0.5) is 10.1 Å². The van der Waals surface area contributed by atoms with Crippen molar-refractivity contribution in [3.05, 3.63) is 58.9 Å². The Labute approximate surface area is 190 Å². The maximum Gasteiger partial charge on any atom is 0.244 e. The number of rotatable bonds is 9. The van der Waals surface area contributed by atoms with Gasteiger partial charge in [0.15, 0.2) is 0 Å². The molecule has 1 N–H and O–H groups in total. The Morgan fingerprint density at radius 1 is 1.16 bits per heavy atom. The fourth-order valence-electron chi connectivity index (χ4n) is 3.86. The van der Waals surface area contributed by atoms with E-state index in [0.717, 1.165) is 33.0 Å². The molecular formula is C24H33FN2O4S. The number of ether oxygens (including phenoxy) is 1. The first-order valence-corrected chi connectivity index (χ1v) is 12.5. The van der Waals surface area contributed by atoms with Crippen molar-refractivity contribution in [3.63, 3.8) is 0 Å². The van der Waals surface area contributed by atoms with E-state index in [-0.39, 0.29) is 24.1 Å². The van der Waals surface area contributed by atoms with Crippen LogP contribution < -0.4 is 14.4 Å². The minimum Gasteiger partial charge on any atom is -0.496 e. The lowest BCUT2D eigenvalue weighted by molar-refractivity contribution is -0.122. The predicted molar refractivity (Wildman–Crippen MR) is 126 cm³/mol. The van der Waals surface area contributed by atoms with Gasteiger partial charge in [-0.05, 0) is 67.1 Å². The first kappa shape index (κ1) is 25.6. The maximum atomic E-state index is 14.5. The second-order valence-corrected chi connectivity index (χ2v) is 10.1. The highest BCUT2D eigenvalue weighted by Crippen LogP contribution is 2.32. The molecule has 2 rings (SSSR count). The molecule has 0 aliphatic heterocycles. The molecule has 0 saturated carbocycles. The van der Waals surface area contributed by atoms with E-state index in [2.05, 4.69) is 19.2 Å². The summed E-state index contributed by atoms with van der Waals surface area (Å²) in [5, 5.41) is 2.93. The van der Waals surface area contributed by atoms with Gasteiger partial charge in [-0.15, -0.1) is 0 Å². The number of halogens is 1. The van der Waals surface area contributed by atoms with Crippen LogP contribution in [0.5, 0.6) is 5.75 Å².